The van der Waals surface area contributed by atoms with Crippen LogP contribution in [0, 0.1) is 11.7 Å². The lowest BCUT2D eigenvalue weighted by molar-refractivity contribution is -0.140. The van der Waals surface area contributed by atoms with Crippen LogP contribution in [0.4, 0.5) is 4.39 Å². The second-order valence-corrected chi connectivity index (χ2v) is 15.3. The van der Waals surface area contributed by atoms with Gasteiger partial charge in [-0.1, -0.05) is 40.2 Å². The van der Waals surface area contributed by atoms with Gasteiger partial charge < -0.3 is 24.7 Å². The third kappa shape index (κ3) is 9.81. The van der Waals surface area contributed by atoms with Gasteiger partial charge in [0.25, 0.3) is 5.89 Å². The molecule has 3 aromatic rings. The molecular formula is C34H41BrFN5O7S. The lowest BCUT2D eigenvalue weighted by atomic mass is 9.91. The van der Waals surface area contributed by atoms with Crippen molar-refractivity contribution in [1.29, 1.82) is 0 Å². The molecule has 2 saturated heterocycles. The van der Waals surface area contributed by atoms with E-state index < -0.39 is 57.7 Å². The van der Waals surface area contributed by atoms with E-state index in [-0.39, 0.29) is 38.3 Å². The molecule has 1 aromatic heterocycles. The third-order valence-corrected chi connectivity index (χ3v) is 10.1. The van der Waals surface area contributed by atoms with Crippen molar-refractivity contribution in [2.45, 2.75) is 69.4 Å². The van der Waals surface area contributed by atoms with Crippen molar-refractivity contribution in [1.82, 2.24) is 25.2 Å². The molecule has 3 N–H and O–H groups in total. The number of sulfonamides is 1. The van der Waals surface area contributed by atoms with Crippen molar-refractivity contribution in [3.63, 3.8) is 0 Å². The van der Waals surface area contributed by atoms with E-state index in [9.17, 15) is 27.2 Å². The number of piperidine rings is 1. The highest BCUT2D eigenvalue weighted by molar-refractivity contribution is 9.10. The van der Waals surface area contributed by atoms with Gasteiger partial charge in [-0.05, 0) is 75.4 Å². The molecule has 0 bridgehead atoms. The first-order valence-corrected chi connectivity index (χ1v) is 19.0. The number of rotatable bonds is 15. The summed E-state index contributed by atoms with van der Waals surface area (Å²) in [5, 5.41) is 6.05. The molecular weight excluding hydrogens is 721 g/mol. The van der Waals surface area contributed by atoms with E-state index in [0.29, 0.717) is 33.5 Å². The van der Waals surface area contributed by atoms with Gasteiger partial charge in [0.1, 0.15) is 29.5 Å². The molecule has 0 radical (unpaired) electrons. The zero-order valence-electron chi connectivity index (χ0n) is 27.2. The second-order valence-electron chi connectivity index (χ2n) is 12.6. The summed E-state index contributed by atoms with van der Waals surface area (Å²) in [6, 6.07) is 8.12. The Bertz CT molecular complexity index is 1750. The number of carbonyl (C=O) groups excluding carboxylic acids is 3. The molecule has 0 aliphatic carbocycles. The highest BCUT2D eigenvalue weighted by Crippen LogP contribution is 2.27. The molecule has 49 heavy (non-hydrogen) atoms. The number of nitrogens with zero attached hydrogens (tertiary/aromatic N) is 2. The molecule has 15 heteroatoms. The number of benzene rings is 2. The molecule has 12 nitrogen and oxygen atoms in total. The number of nitrogens with one attached hydrogen (secondary N) is 3. The van der Waals surface area contributed by atoms with E-state index >= 15 is 0 Å². The number of amides is 2. The number of halogens is 2. The number of hydrogen-bond acceptors (Lipinski definition) is 9. The minimum Gasteiger partial charge on any atom is -0.434 e. The highest BCUT2D eigenvalue weighted by atomic mass is 79.9. The molecule has 0 unspecified atom stereocenters. The molecule has 2 fully saturated rings. The summed E-state index contributed by atoms with van der Waals surface area (Å²) in [5.74, 6) is -2.12. The second kappa shape index (κ2) is 16.5. The van der Waals surface area contributed by atoms with Crippen molar-refractivity contribution < 1.29 is 36.3 Å². The fourth-order valence-corrected chi connectivity index (χ4v) is 7.38. The van der Waals surface area contributed by atoms with E-state index in [2.05, 4.69) is 42.8 Å². The first-order valence-electron chi connectivity index (χ1n) is 16.3. The summed E-state index contributed by atoms with van der Waals surface area (Å²) in [5.41, 5.74) is 1.19. The zero-order chi connectivity index (χ0) is 35.1. The minimum atomic E-state index is -3.80. The standard InChI is InChI=1S/C34H41BrFN5O7S/c1-3-6-27(31(42)33-39-26-7-4-5-8-30(26)48-33)38-32(43)29-18-24(47-20-22-10-11-23(35)17-25(22)36)19-41(29)34(44)28(40-49(2,45)46)12-9-21-13-15-37-16-14-21/h3-5,7-8,10-11,17,21,24,27-29,37,40H,1,6,9,12-16,18-20H2,2H3,(H,38,43)/t24-,27+,28-,29+/m1/s1. The van der Waals surface area contributed by atoms with Crippen LogP contribution < -0.4 is 15.4 Å². The normalized spacial score (nSPS) is 19.9. The number of Topliss-reactive ketones (excluding diaryl/α,β-unsaturated/α-hetero) is 1. The molecule has 2 aliphatic heterocycles. The van der Waals surface area contributed by atoms with E-state index in [1.165, 1.54) is 17.0 Å². The van der Waals surface area contributed by atoms with Crippen molar-refractivity contribution >= 4 is 54.7 Å². The topological polar surface area (TPSA) is 160 Å². The zero-order valence-corrected chi connectivity index (χ0v) is 29.6. The quantitative estimate of drug-likeness (QED) is 0.154. The number of carbonyl (C=O) groups is 3. The maximum absolute atomic E-state index is 14.6. The average Bonchev–Trinajstić information content (AvgIpc) is 3.70. The number of para-hydroxylation sites is 2. The fourth-order valence-electron chi connectivity index (χ4n) is 6.31. The number of hydrogen-bond donors (Lipinski definition) is 3. The molecule has 4 atom stereocenters. The van der Waals surface area contributed by atoms with Gasteiger partial charge in [-0.2, -0.15) is 0 Å². The molecule has 5 rings (SSSR count). The van der Waals surface area contributed by atoms with Gasteiger partial charge >= 0.3 is 0 Å². The molecule has 264 valence electrons. The number of likely N-dealkylation sites (tertiary alicyclic amines) is 1. The van der Waals surface area contributed by atoms with E-state index in [0.717, 1.165) is 32.2 Å². The van der Waals surface area contributed by atoms with Crippen molar-refractivity contribution in [2.24, 2.45) is 5.92 Å². The lowest BCUT2D eigenvalue weighted by Crippen LogP contribution is -2.55. The van der Waals surface area contributed by atoms with Gasteiger partial charge in [0, 0.05) is 23.0 Å². The predicted octanol–water partition coefficient (Wildman–Crippen LogP) is 3.86. The van der Waals surface area contributed by atoms with Gasteiger partial charge in [0.15, 0.2) is 5.58 Å². The smallest absolute Gasteiger partial charge is 0.266 e. The average molecular weight is 763 g/mol. The summed E-state index contributed by atoms with van der Waals surface area (Å²) < 4.78 is 54.1. The van der Waals surface area contributed by atoms with Crippen LogP contribution in [0.3, 0.4) is 0 Å². The number of fused-ring (bicyclic) bond motifs is 1. The lowest BCUT2D eigenvalue weighted by Gasteiger charge is -2.30. The Balaban J connectivity index is 1.37. The SMILES string of the molecule is C=CC[C@H](NC(=O)[C@@H]1C[C@@H](OCc2ccc(Br)cc2F)CN1C(=O)[C@@H](CCC1CCNCC1)NS(C)(=O)=O)C(=O)c1nc2ccccc2o1. The van der Waals surface area contributed by atoms with Crippen molar-refractivity contribution in [2.75, 3.05) is 25.9 Å². The molecule has 0 saturated carbocycles. The van der Waals surface area contributed by atoms with E-state index in [1.54, 1.807) is 36.4 Å². The molecule has 2 aromatic carbocycles. The maximum atomic E-state index is 14.6. The Morgan fingerprint density at radius 2 is 1.96 bits per heavy atom. The minimum absolute atomic E-state index is 0.0352. The third-order valence-electron chi connectivity index (χ3n) is 8.85. The molecule has 3 heterocycles. The van der Waals surface area contributed by atoms with E-state index in [4.69, 9.17) is 9.15 Å². The van der Waals surface area contributed by atoms with Gasteiger partial charge in [0.2, 0.25) is 27.6 Å². The number of oxazole rings is 1. The van der Waals surface area contributed by atoms with Crippen LogP contribution in [-0.2, 0) is 31.0 Å². The first kappa shape index (κ1) is 36.8. The van der Waals surface area contributed by atoms with Crippen LogP contribution in [0.15, 0.2) is 64.0 Å². The summed E-state index contributed by atoms with van der Waals surface area (Å²) in [7, 11) is -3.80. The first-order chi connectivity index (χ1) is 23.4. The molecule has 2 amide bonds. The number of ketones is 1. The number of aromatic nitrogens is 1. The summed E-state index contributed by atoms with van der Waals surface area (Å²) >= 11 is 3.24. The Morgan fingerprint density at radius 1 is 1.20 bits per heavy atom. The largest absolute Gasteiger partial charge is 0.434 e. The summed E-state index contributed by atoms with van der Waals surface area (Å²) in [6.07, 6.45) is 4.56. The monoisotopic (exact) mass is 761 g/mol. The van der Waals surface area contributed by atoms with Gasteiger partial charge in [-0.25, -0.2) is 22.5 Å². The highest BCUT2D eigenvalue weighted by Gasteiger charge is 2.44. The van der Waals surface area contributed by atoms with Gasteiger partial charge in [-0.15, -0.1) is 6.58 Å². The van der Waals surface area contributed by atoms with Crippen LogP contribution in [0.2, 0.25) is 0 Å². The van der Waals surface area contributed by atoms with Crippen LogP contribution in [0.5, 0.6) is 0 Å². The van der Waals surface area contributed by atoms with Crippen LogP contribution in [-0.4, -0.2) is 86.0 Å². The number of ether oxygens (including phenoxy) is 1. The van der Waals surface area contributed by atoms with Crippen molar-refractivity contribution in [3.05, 3.63) is 76.9 Å². The maximum Gasteiger partial charge on any atom is 0.266 e. The summed E-state index contributed by atoms with van der Waals surface area (Å²) in [4.78, 5) is 47.2. The Morgan fingerprint density at radius 3 is 2.65 bits per heavy atom. The Labute approximate surface area is 293 Å². The van der Waals surface area contributed by atoms with E-state index in [1.807, 2.05) is 0 Å². The van der Waals surface area contributed by atoms with Crippen LogP contribution in [0.25, 0.3) is 11.1 Å². The fraction of sp³-hybridized carbons (Fsp3) is 0.471. The van der Waals surface area contributed by atoms with Crippen LogP contribution in [0.1, 0.15) is 54.8 Å². The van der Waals surface area contributed by atoms with Gasteiger partial charge in [0.05, 0.1) is 19.0 Å². The molecule has 2 aliphatic rings. The summed E-state index contributed by atoms with van der Waals surface area (Å²) in [6.45, 7) is 5.26. The predicted molar refractivity (Wildman–Crippen MR) is 184 cm³/mol. The Hall–Kier alpha value is -3.50. The van der Waals surface area contributed by atoms with Crippen LogP contribution >= 0.6 is 15.9 Å². The molecule has 0 spiro atoms. The Kier molecular flexibility index (Phi) is 12.4. The van der Waals surface area contributed by atoms with Gasteiger partial charge in [-0.3, -0.25) is 14.4 Å². The van der Waals surface area contributed by atoms with Crippen molar-refractivity contribution in [3.8, 4) is 0 Å².